The molecule has 0 radical (unpaired) electrons. The Balaban J connectivity index is 1.90. The third kappa shape index (κ3) is 3.01. The molecule has 1 N–H and O–H groups in total. The van der Waals surface area contributed by atoms with Gasteiger partial charge in [0, 0.05) is 34.0 Å². The first-order valence-corrected chi connectivity index (χ1v) is 8.36. The van der Waals surface area contributed by atoms with E-state index >= 15 is 0 Å². The summed E-state index contributed by atoms with van der Waals surface area (Å²) in [5.74, 6) is 0. The Kier molecular flexibility index (Phi) is 4.36. The molecular weight excluding hydrogens is 278 g/mol. The molecule has 0 aliphatic heterocycles. The van der Waals surface area contributed by atoms with Crippen LogP contribution in [-0.2, 0) is 12.8 Å². The molecular formula is C17H21N3S. The van der Waals surface area contributed by atoms with Gasteiger partial charge in [0.2, 0.25) is 0 Å². The van der Waals surface area contributed by atoms with E-state index in [2.05, 4.69) is 48.5 Å². The minimum Gasteiger partial charge on any atom is -0.310 e. The minimum atomic E-state index is 0.318. The first-order chi connectivity index (χ1) is 10.3. The van der Waals surface area contributed by atoms with Gasteiger partial charge in [0.1, 0.15) is 0 Å². The number of fused-ring (bicyclic) bond motifs is 1. The highest BCUT2D eigenvalue weighted by Crippen LogP contribution is 2.26. The van der Waals surface area contributed by atoms with E-state index in [4.69, 9.17) is 0 Å². The summed E-state index contributed by atoms with van der Waals surface area (Å²) >= 11 is 1.92. The van der Waals surface area contributed by atoms with Gasteiger partial charge in [-0.2, -0.15) is 5.10 Å². The molecule has 110 valence electrons. The number of hydrogen-bond donors (Lipinski definition) is 1. The van der Waals surface area contributed by atoms with Gasteiger partial charge >= 0.3 is 0 Å². The molecule has 0 fully saturated rings. The molecule has 0 aliphatic rings. The Bertz CT molecular complexity index is 713. The molecule has 3 heterocycles. The van der Waals surface area contributed by atoms with E-state index in [9.17, 15) is 0 Å². The van der Waals surface area contributed by atoms with Gasteiger partial charge in [-0.15, -0.1) is 11.3 Å². The number of hydrogen-bond acceptors (Lipinski definition) is 3. The molecule has 3 rings (SSSR count). The van der Waals surface area contributed by atoms with Gasteiger partial charge in [0.15, 0.2) is 0 Å². The van der Waals surface area contributed by atoms with Crippen molar-refractivity contribution in [3.05, 3.63) is 58.0 Å². The van der Waals surface area contributed by atoms with Crippen molar-refractivity contribution < 1.29 is 0 Å². The predicted molar refractivity (Wildman–Crippen MR) is 89.0 cm³/mol. The molecule has 0 aromatic carbocycles. The smallest absolute Gasteiger partial charge is 0.0709 e. The first-order valence-electron chi connectivity index (χ1n) is 7.55. The SMILES string of the molecule is CCNC(Cc1ccc(CC)s1)c1cnn2ccccc12. The third-order valence-corrected chi connectivity index (χ3v) is 5.01. The maximum absolute atomic E-state index is 4.46. The molecule has 3 nitrogen and oxygen atoms in total. The minimum absolute atomic E-state index is 0.318. The Morgan fingerprint density at radius 3 is 2.81 bits per heavy atom. The van der Waals surface area contributed by atoms with Crippen LogP contribution in [0.4, 0.5) is 0 Å². The number of nitrogens with zero attached hydrogens (tertiary/aromatic N) is 2. The molecule has 1 atom stereocenters. The number of pyridine rings is 1. The molecule has 4 heteroatoms. The summed E-state index contributed by atoms with van der Waals surface area (Å²) < 4.78 is 1.95. The van der Waals surface area contributed by atoms with Crippen molar-refractivity contribution in [2.45, 2.75) is 32.7 Å². The van der Waals surface area contributed by atoms with Crippen molar-refractivity contribution >= 4 is 16.9 Å². The van der Waals surface area contributed by atoms with Crippen molar-refractivity contribution in [2.75, 3.05) is 6.54 Å². The summed E-state index contributed by atoms with van der Waals surface area (Å²) in [7, 11) is 0. The molecule has 0 saturated heterocycles. The molecule has 0 spiro atoms. The van der Waals surface area contributed by atoms with Gasteiger partial charge in [-0.25, -0.2) is 4.52 Å². The average molecular weight is 299 g/mol. The summed E-state index contributed by atoms with van der Waals surface area (Å²) in [6, 6.07) is 11.1. The normalized spacial score (nSPS) is 12.9. The lowest BCUT2D eigenvalue weighted by molar-refractivity contribution is 0.556. The number of rotatable bonds is 6. The standard InChI is InChI=1S/C17H21N3S/c1-3-13-8-9-14(21-13)11-16(18-4-2)15-12-19-20-10-6-5-7-17(15)20/h5-10,12,16,18H,3-4,11H2,1-2H3. The van der Waals surface area contributed by atoms with Gasteiger partial charge in [-0.1, -0.05) is 19.9 Å². The number of aromatic nitrogens is 2. The van der Waals surface area contributed by atoms with Crippen LogP contribution in [0.3, 0.4) is 0 Å². The van der Waals surface area contributed by atoms with Gasteiger partial charge < -0.3 is 5.32 Å². The zero-order valence-corrected chi connectivity index (χ0v) is 13.4. The van der Waals surface area contributed by atoms with Crippen LogP contribution in [0.15, 0.2) is 42.7 Å². The Morgan fingerprint density at radius 1 is 1.19 bits per heavy atom. The van der Waals surface area contributed by atoms with Gasteiger partial charge in [-0.05, 0) is 37.2 Å². The summed E-state index contributed by atoms with van der Waals surface area (Å²) in [5.41, 5.74) is 2.47. The average Bonchev–Trinajstić information content (AvgIpc) is 3.13. The quantitative estimate of drug-likeness (QED) is 0.749. The number of nitrogens with one attached hydrogen (secondary N) is 1. The van der Waals surface area contributed by atoms with Crippen LogP contribution in [0.25, 0.3) is 5.52 Å². The lowest BCUT2D eigenvalue weighted by atomic mass is 10.0. The second kappa shape index (κ2) is 6.41. The van der Waals surface area contributed by atoms with Crippen molar-refractivity contribution in [3.8, 4) is 0 Å². The van der Waals surface area contributed by atoms with E-state index in [1.165, 1.54) is 20.8 Å². The highest BCUT2D eigenvalue weighted by atomic mass is 32.1. The summed E-state index contributed by atoms with van der Waals surface area (Å²) in [6.07, 6.45) is 6.14. The third-order valence-electron chi connectivity index (χ3n) is 3.75. The maximum atomic E-state index is 4.46. The van der Waals surface area contributed by atoms with Crippen molar-refractivity contribution in [1.82, 2.24) is 14.9 Å². The monoisotopic (exact) mass is 299 g/mol. The number of likely N-dealkylation sites (N-methyl/N-ethyl adjacent to an activating group) is 1. The molecule has 1 unspecified atom stereocenters. The summed E-state index contributed by atoms with van der Waals surface area (Å²) in [4.78, 5) is 2.90. The fourth-order valence-electron chi connectivity index (χ4n) is 2.68. The van der Waals surface area contributed by atoms with Crippen LogP contribution in [-0.4, -0.2) is 16.2 Å². The van der Waals surface area contributed by atoms with E-state index in [-0.39, 0.29) is 0 Å². The summed E-state index contributed by atoms with van der Waals surface area (Å²) in [6.45, 7) is 5.33. The van der Waals surface area contributed by atoms with E-state index in [0.29, 0.717) is 6.04 Å². The fraction of sp³-hybridized carbons (Fsp3) is 0.353. The van der Waals surface area contributed by atoms with E-state index < -0.39 is 0 Å². The number of thiophene rings is 1. The van der Waals surface area contributed by atoms with Crippen LogP contribution in [0.2, 0.25) is 0 Å². The zero-order valence-electron chi connectivity index (χ0n) is 12.5. The van der Waals surface area contributed by atoms with Crippen LogP contribution in [0, 0.1) is 0 Å². The molecule has 3 aromatic rings. The highest BCUT2D eigenvalue weighted by Gasteiger charge is 2.16. The molecule has 0 amide bonds. The van der Waals surface area contributed by atoms with E-state index in [1.807, 2.05) is 34.3 Å². The Labute approximate surface area is 129 Å². The van der Waals surface area contributed by atoms with Gasteiger partial charge in [-0.3, -0.25) is 0 Å². The maximum Gasteiger partial charge on any atom is 0.0709 e. The molecule has 0 aliphatic carbocycles. The van der Waals surface area contributed by atoms with E-state index in [0.717, 1.165) is 19.4 Å². The zero-order chi connectivity index (χ0) is 14.7. The fourth-order valence-corrected chi connectivity index (χ4v) is 3.69. The van der Waals surface area contributed by atoms with Crippen LogP contribution in [0.5, 0.6) is 0 Å². The Morgan fingerprint density at radius 2 is 2.05 bits per heavy atom. The molecule has 0 bridgehead atoms. The lowest BCUT2D eigenvalue weighted by Gasteiger charge is -2.16. The van der Waals surface area contributed by atoms with E-state index in [1.54, 1.807) is 0 Å². The Hall–Kier alpha value is -1.65. The van der Waals surface area contributed by atoms with Crippen molar-refractivity contribution in [3.63, 3.8) is 0 Å². The van der Waals surface area contributed by atoms with Crippen molar-refractivity contribution in [2.24, 2.45) is 0 Å². The second-order valence-corrected chi connectivity index (χ2v) is 6.42. The predicted octanol–water partition coefficient (Wildman–Crippen LogP) is 3.85. The van der Waals surface area contributed by atoms with Gasteiger partial charge in [0.05, 0.1) is 11.7 Å². The first kappa shape index (κ1) is 14.3. The summed E-state index contributed by atoms with van der Waals surface area (Å²) in [5, 5.41) is 8.07. The lowest BCUT2D eigenvalue weighted by Crippen LogP contribution is -2.22. The topological polar surface area (TPSA) is 29.3 Å². The number of aryl methyl sites for hydroxylation is 1. The van der Waals surface area contributed by atoms with Gasteiger partial charge in [0.25, 0.3) is 0 Å². The van der Waals surface area contributed by atoms with Crippen molar-refractivity contribution in [1.29, 1.82) is 0 Å². The molecule has 21 heavy (non-hydrogen) atoms. The van der Waals surface area contributed by atoms with Crippen LogP contribution in [0.1, 0.15) is 35.2 Å². The van der Waals surface area contributed by atoms with Crippen LogP contribution >= 0.6 is 11.3 Å². The highest BCUT2D eigenvalue weighted by molar-refractivity contribution is 7.11. The second-order valence-electron chi connectivity index (χ2n) is 5.17. The van der Waals surface area contributed by atoms with Crippen LogP contribution < -0.4 is 5.32 Å². The molecule has 3 aromatic heterocycles. The largest absolute Gasteiger partial charge is 0.310 e. The molecule has 0 saturated carbocycles.